The second-order valence-corrected chi connectivity index (χ2v) is 9.04. The lowest BCUT2D eigenvalue weighted by Gasteiger charge is -2.26. The summed E-state index contributed by atoms with van der Waals surface area (Å²) in [6.07, 6.45) is 13.1. The Morgan fingerprint density at radius 1 is 1.03 bits per heavy atom. The normalized spacial score (nSPS) is 18.0. The molecule has 1 saturated carbocycles. The maximum absolute atomic E-state index is 13.7. The van der Waals surface area contributed by atoms with Crippen molar-refractivity contribution in [1.29, 1.82) is 5.26 Å². The van der Waals surface area contributed by atoms with Crippen LogP contribution in [0.4, 0.5) is 4.39 Å². The lowest BCUT2D eigenvalue weighted by molar-refractivity contribution is -0.140. The van der Waals surface area contributed by atoms with Gasteiger partial charge in [-0.2, -0.15) is 15.5 Å². The lowest BCUT2D eigenvalue weighted by Crippen LogP contribution is -2.25. The van der Waals surface area contributed by atoms with Gasteiger partial charge < -0.3 is 4.74 Å². The van der Waals surface area contributed by atoms with Gasteiger partial charge in [0, 0.05) is 12.0 Å². The third kappa shape index (κ3) is 7.63. The van der Waals surface area contributed by atoms with Crippen LogP contribution in [0.3, 0.4) is 0 Å². The minimum absolute atomic E-state index is 0.0650. The molecule has 2 aromatic rings. The summed E-state index contributed by atoms with van der Waals surface area (Å²) in [5.74, 6) is -0.777. The Bertz CT molecular complexity index is 931. The lowest BCUT2D eigenvalue weighted by atomic mass is 9.80. The van der Waals surface area contributed by atoms with E-state index in [1.165, 1.54) is 50.7 Å². The number of hydrogen-bond acceptors (Lipinski definition) is 5. The smallest absolute Gasteiger partial charge is 0.314 e. The number of hydrogen-bond donors (Lipinski definition) is 0. The van der Waals surface area contributed by atoms with Crippen molar-refractivity contribution >= 4 is 5.97 Å². The number of nitriles is 1. The molecule has 1 heterocycles. The summed E-state index contributed by atoms with van der Waals surface area (Å²) in [4.78, 5) is 12.5. The molecule has 5 nitrogen and oxygen atoms in total. The number of halogens is 1. The molecule has 176 valence electrons. The SMILES string of the molecule is CCCCCCCCCc1ccc(C2CCC(C(=O)Oc3ccc(C#N)c(F)c3)CC2)nn1. The summed E-state index contributed by atoms with van der Waals surface area (Å²) in [5.41, 5.74) is 1.99. The van der Waals surface area contributed by atoms with E-state index in [1.807, 2.05) is 0 Å². The van der Waals surface area contributed by atoms with Crippen molar-refractivity contribution in [3.05, 3.63) is 53.1 Å². The number of esters is 1. The van der Waals surface area contributed by atoms with E-state index in [9.17, 15) is 9.18 Å². The molecule has 0 unspecified atom stereocenters. The first kappa shape index (κ1) is 24.8. The van der Waals surface area contributed by atoms with E-state index in [2.05, 4.69) is 29.3 Å². The van der Waals surface area contributed by atoms with Crippen molar-refractivity contribution in [1.82, 2.24) is 10.2 Å². The molecule has 0 aliphatic heterocycles. The van der Waals surface area contributed by atoms with E-state index >= 15 is 0 Å². The maximum atomic E-state index is 13.7. The highest BCUT2D eigenvalue weighted by Gasteiger charge is 2.29. The first-order valence-electron chi connectivity index (χ1n) is 12.3. The minimum atomic E-state index is -0.680. The molecule has 1 aliphatic carbocycles. The summed E-state index contributed by atoms with van der Waals surface area (Å²) >= 11 is 0. The number of ether oxygens (including phenoxy) is 1. The van der Waals surface area contributed by atoms with Crippen LogP contribution in [0.15, 0.2) is 30.3 Å². The fourth-order valence-corrected chi connectivity index (χ4v) is 4.46. The summed E-state index contributed by atoms with van der Waals surface area (Å²) < 4.78 is 19.1. The molecule has 33 heavy (non-hydrogen) atoms. The number of aryl methyl sites for hydroxylation is 1. The van der Waals surface area contributed by atoms with E-state index in [1.54, 1.807) is 6.07 Å². The molecule has 3 rings (SSSR count). The average Bonchev–Trinajstić information content (AvgIpc) is 2.84. The number of benzene rings is 1. The molecule has 1 aromatic heterocycles. The van der Waals surface area contributed by atoms with Gasteiger partial charge in [0.1, 0.15) is 17.6 Å². The number of carbonyl (C=O) groups is 1. The van der Waals surface area contributed by atoms with Gasteiger partial charge in [-0.15, -0.1) is 0 Å². The highest BCUT2D eigenvalue weighted by atomic mass is 19.1. The van der Waals surface area contributed by atoms with E-state index in [0.29, 0.717) is 18.8 Å². The van der Waals surface area contributed by atoms with Crippen molar-refractivity contribution in [3.8, 4) is 11.8 Å². The third-order valence-corrected chi connectivity index (χ3v) is 6.54. The van der Waals surface area contributed by atoms with Crippen LogP contribution in [0.5, 0.6) is 5.75 Å². The zero-order chi connectivity index (χ0) is 23.5. The van der Waals surface area contributed by atoms with Crippen LogP contribution in [0.2, 0.25) is 0 Å². The molecule has 0 amide bonds. The summed E-state index contributed by atoms with van der Waals surface area (Å²) in [7, 11) is 0. The molecule has 1 fully saturated rings. The van der Waals surface area contributed by atoms with Crippen molar-refractivity contribution in [2.24, 2.45) is 5.92 Å². The predicted octanol–water partition coefficient (Wildman–Crippen LogP) is 6.66. The highest BCUT2D eigenvalue weighted by molar-refractivity contribution is 5.75. The van der Waals surface area contributed by atoms with Gasteiger partial charge in [-0.25, -0.2) is 4.39 Å². The van der Waals surface area contributed by atoms with Crippen LogP contribution in [0.1, 0.15) is 100 Å². The Hall–Kier alpha value is -2.81. The van der Waals surface area contributed by atoms with Crippen molar-refractivity contribution in [2.75, 3.05) is 0 Å². The van der Waals surface area contributed by atoms with Gasteiger partial charge >= 0.3 is 5.97 Å². The summed E-state index contributed by atoms with van der Waals surface area (Å²) in [5, 5.41) is 17.7. The first-order valence-corrected chi connectivity index (χ1v) is 12.3. The van der Waals surface area contributed by atoms with Crippen LogP contribution < -0.4 is 4.74 Å². The molecule has 0 radical (unpaired) electrons. The molecule has 1 aromatic carbocycles. The van der Waals surface area contributed by atoms with Crippen LogP contribution in [-0.2, 0) is 11.2 Å². The molecule has 0 bridgehead atoms. The zero-order valence-electron chi connectivity index (χ0n) is 19.6. The van der Waals surface area contributed by atoms with Crippen molar-refractivity contribution in [2.45, 2.75) is 89.9 Å². The number of rotatable bonds is 11. The number of carbonyl (C=O) groups excluding carboxylic acids is 1. The third-order valence-electron chi connectivity index (χ3n) is 6.54. The molecule has 0 spiro atoms. The Morgan fingerprint density at radius 3 is 2.39 bits per heavy atom. The number of nitrogens with zero attached hydrogens (tertiary/aromatic N) is 3. The van der Waals surface area contributed by atoms with Gasteiger partial charge in [0.05, 0.1) is 22.9 Å². The monoisotopic (exact) mass is 451 g/mol. The predicted molar refractivity (Wildman–Crippen MR) is 125 cm³/mol. The largest absolute Gasteiger partial charge is 0.426 e. The topological polar surface area (TPSA) is 75.9 Å². The Morgan fingerprint density at radius 2 is 1.76 bits per heavy atom. The second-order valence-electron chi connectivity index (χ2n) is 9.04. The van der Waals surface area contributed by atoms with E-state index in [4.69, 9.17) is 10.00 Å². The first-order chi connectivity index (χ1) is 16.1. The molecule has 1 aliphatic rings. The number of unbranched alkanes of at least 4 members (excludes halogenated alkanes) is 6. The van der Waals surface area contributed by atoms with Crippen LogP contribution in [0.25, 0.3) is 0 Å². The Labute approximate surface area is 196 Å². The molecular weight excluding hydrogens is 417 g/mol. The van der Waals surface area contributed by atoms with Gasteiger partial charge in [0.15, 0.2) is 0 Å². The Kier molecular flexibility index (Phi) is 9.80. The summed E-state index contributed by atoms with van der Waals surface area (Å²) in [6, 6.07) is 9.81. The van der Waals surface area contributed by atoms with Gasteiger partial charge in [0.2, 0.25) is 0 Å². The second kappa shape index (κ2) is 13.0. The van der Waals surface area contributed by atoms with Crippen LogP contribution in [-0.4, -0.2) is 16.2 Å². The Balaban J connectivity index is 1.40. The van der Waals surface area contributed by atoms with Gasteiger partial charge in [0.25, 0.3) is 0 Å². The average molecular weight is 452 g/mol. The molecule has 0 atom stereocenters. The quantitative estimate of drug-likeness (QED) is 0.217. The van der Waals surface area contributed by atoms with Gasteiger partial charge in [-0.3, -0.25) is 4.79 Å². The van der Waals surface area contributed by atoms with Crippen molar-refractivity contribution < 1.29 is 13.9 Å². The van der Waals surface area contributed by atoms with Crippen LogP contribution in [0, 0.1) is 23.1 Å². The van der Waals surface area contributed by atoms with E-state index in [0.717, 1.165) is 43.1 Å². The molecular formula is C27H34FN3O2. The molecule has 0 saturated heterocycles. The van der Waals surface area contributed by atoms with Gasteiger partial charge in [-0.1, -0.05) is 45.4 Å². The maximum Gasteiger partial charge on any atom is 0.314 e. The van der Waals surface area contributed by atoms with Crippen molar-refractivity contribution in [3.63, 3.8) is 0 Å². The molecule has 6 heteroatoms. The highest BCUT2D eigenvalue weighted by Crippen LogP contribution is 2.35. The number of aromatic nitrogens is 2. The summed E-state index contributed by atoms with van der Waals surface area (Å²) in [6.45, 7) is 2.24. The van der Waals surface area contributed by atoms with Crippen LogP contribution >= 0.6 is 0 Å². The fraction of sp³-hybridized carbons (Fsp3) is 0.556. The van der Waals surface area contributed by atoms with Gasteiger partial charge in [-0.05, 0) is 62.8 Å². The zero-order valence-corrected chi connectivity index (χ0v) is 19.6. The fourth-order valence-electron chi connectivity index (χ4n) is 4.46. The minimum Gasteiger partial charge on any atom is -0.426 e. The molecule has 0 N–H and O–H groups in total. The van der Waals surface area contributed by atoms with E-state index in [-0.39, 0.29) is 23.2 Å². The standard InChI is InChI=1S/C27H34FN3O2/c1-2-3-4-5-6-7-8-9-23-15-17-26(31-30-23)20-10-12-21(13-11-20)27(32)33-24-16-14-22(19-29)25(28)18-24/h14-18,20-21H,2-13H2,1H3. The van der Waals surface area contributed by atoms with E-state index < -0.39 is 5.82 Å².